The first kappa shape index (κ1) is 19.4. The van der Waals surface area contributed by atoms with Crippen molar-refractivity contribution in [2.45, 2.75) is 39.0 Å². The maximum absolute atomic E-state index is 12.3. The fraction of sp³-hybridized carbons (Fsp3) is 0.381. The maximum Gasteiger partial charge on any atom is 0.230 e. The van der Waals surface area contributed by atoms with Crippen LogP contribution in [0.25, 0.3) is 0 Å². The van der Waals surface area contributed by atoms with Gasteiger partial charge in [-0.1, -0.05) is 37.3 Å². The molecule has 0 spiro atoms. The molecule has 1 unspecified atom stereocenters. The van der Waals surface area contributed by atoms with Crippen LogP contribution in [0, 0.1) is 13.8 Å². The Balaban J connectivity index is 1.83. The molecule has 1 atom stereocenters. The second kappa shape index (κ2) is 9.52. The number of ether oxygens (including phenoxy) is 1. The van der Waals surface area contributed by atoms with Crippen molar-refractivity contribution in [3.8, 4) is 5.75 Å². The largest absolute Gasteiger partial charge is 0.497 e. The van der Waals surface area contributed by atoms with Crippen LogP contribution in [0.5, 0.6) is 5.75 Å². The SMILES string of the molecule is CCC(NC(=O)CSCc1ccc(OC)cc1)c1ccc(C)c(C)c1. The minimum absolute atomic E-state index is 0.0772. The number of amides is 1. The number of carbonyl (C=O) groups is 1. The molecule has 2 aromatic rings. The van der Waals surface area contributed by atoms with Crippen LogP contribution in [0.15, 0.2) is 42.5 Å². The summed E-state index contributed by atoms with van der Waals surface area (Å²) in [5, 5.41) is 3.15. The summed E-state index contributed by atoms with van der Waals surface area (Å²) < 4.78 is 5.15. The molecule has 25 heavy (non-hydrogen) atoms. The lowest BCUT2D eigenvalue weighted by Crippen LogP contribution is -2.29. The molecule has 0 fully saturated rings. The van der Waals surface area contributed by atoms with Gasteiger partial charge in [-0.2, -0.15) is 0 Å². The highest BCUT2D eigenvalue weighted by molar-refractivity contribution is 7.99. The predicted molar refractivity (Wildman–Crippen MR) is 106 cm³/mol. The van der Waals surface area contributed by atoms with Gasteiger partial charge in [0.15, 0.2) is 0 Å². The van der Waals surface area contributed by atoms with Crippen LogP contribution in [-0.4, -0.2) is 18.8 Å². The number of aryl methyl sites for hydroxylation is 2. The monoisotopic (exact) mass is 357 g/mol. The molecule has 0 saturated heterocycles. The van der Waals surface area contributed by atoms with Crippen molar-refractivity contribution in [1.82, 2.24) is 5.32 Å². The summed E-state index contributed by atoms with van der Waals surface area (Å²) in [6, 6.07) is 14.5. The molecule has 0 saturated carbocycles. The van der Waals surface area contributed by atoms with Gasteiger partial charge in [0.05, 0.1) is 18.9 Å². The van der Waals surface area contributed by atoms with Crippen LogP contribution in [-0.2, 0) is 10.5 Å². The van der Waals surface area contributed by atoms with Crippen molar-refractivity contribution in [3.63, 3.8) is 0 Å². The summed E-state index contributed by atoms with van der Waals surface area (Å²) in [4.78, 5) is 12.3. The third kappa shape index (κ3) is 5.82. The highest BCUT2D eigenvalue weighted by atomic mass is 32.2. The lowest BCUT2D eigenvalue weighted by Gasteiger charge is -2.18. The summed E-state index contributed by atoms with van der Waals surface area (Å²) in [5.41, 5.74) is 4.91. The molecule has 0 heterocycles. The Hall–Kier alpha value is -1.94. The summed E-state index contributed by atoms with van der Waals surface area (Å²) >= 11 is 1.63. The summed E-state index contributed by atoms with van der Waals surface area (Å²) in [7, 11) is 1.66. The lowest BCUT2D eigenvalue weighted by atomic mass is 9.99. The second-order valence-corrected chi connectivity index (χ2v) is 7.20. The van der Waals surface area contributed by atoms with E-state index in [0.29, 0.717) is 5.75 Å². The van der Waals surface area contributed by atoms with E-state index < -0.39 is 0 Å². The zero-order chi connectivity index (χ0) is 18.2. The van der Waals surface area contributed by atoms with Gasteiger partial charge in [-0.25, -0.2) is 0 Å². The number of methoxy groups -OCH3 is 1. The molecule has 4 heteroatoms. The minimum atomic E-state index is 0.0772. The highest BCUT2D eigenvalue weighted by Crippen LogP contribution is 2.21. The number of hydrogen-bond donors (Lipinski definition) is 1. The Morgan fingerprint density at radius 2 is 1.84 bits per heavy atom. The predicted octanol–water partition coefficient (Wildman–Crippen LogP) is 4.81. The molecular formula is C21H27NO2S. The van der Waals surface area contributed by atoms with Crippen LogP contribution < -0.4 is 10.1 Å². The van der Waals surface area contributed by atoms with E-state index in [1.165, 1.54) is 22.3 Å². The smallest absolute Gasteiger partial charge is 0.230 e. The summed E-state index contributed by atoms with van der Waals surface area (Å²) in [6.07, 6.45) is 0.886. The standard InChI is InChI=1S/C21H27NO2S/c1-5-20(18-9-6-15(2)16(3)12-18)22-21(23)14-25-13-17-7-10-19(24-4)11-8-17/h6-12,20H,5,13-14H2,1-4H3,(H,22,23). The number of nitrogens with one attached hydrogen (secondary N) is 1. The molecule has 0 bridgehead atoms. The van der Waals surface area contributed by atoms with Gasteiger partial charge < -0.3 is 10.1 Å². The van der Waals surface area contributed by atoms with Crippen LogP contribution in [0.3, 0.4) is 0 Å². The Bertz CT molecular complexity index is 698. The molecule has 2 aromatic carbocycles. The van der Waals surface area contributed by atoms with E-state index in [9.17, 15) is 4.79 Å². The molecule has 1 amide bonds. The number of hydrogen-bond acceptors (Lipinski definition) is 3. The first-order valence-electron chi connectivity index (χ1n) is 8.60. The van der Waals surface area contributed by atoms with Gasteiger partial charge in [0, 0.05) is 5.75 Å². The average molecular weight is 358 g/mol. The van der Waals surface area contributed by atoms with Gasteiger partial charge in [0.2, 0.25) is 5.91 Å². The third-order valence-electron chi connectivity index (χ3n) is 4.34. The van der Waals surface area contributed by atoms with Crippen LogP contribution >= 0.6 is 11.8 Å². The minimum Gasteiger partial charge on any atom is -0.497 e. The average Bonchev–Trinajstić information content (AvgIpc) is 2.62. The van der Waals surface area contributed by atoms with Crippen molar-refractivity contribution in [3.05, 3.63) is 64.7 Å². The lowest BCUT2D eigenvalue weighted by molar-refractivity contribution is -0.119. The number of thioether (sulfide) groups is 1. The van der Waals surface area contributed by atoms with Crippen LogP contribution in [0.2, 0.25) is 0 Å². The Kier molecular flexibility index (Phi) is 7.38. The van der Waals surface area contributed by atoms with Gasteiger partial charge in [0.25, 0.3) is 0 Å². The van der Waals surface area contributed by atoms with Crippen molar-refractivity contribution in [2.24, 2.45) is 0 Å². The maximum atomic E-state index is 12.3. The normalized spacial score (nSPS) is 11.8. The molecular weight excluding hydrogens is 330 g/mol. The van der Waals surface area contributed by atoms with Gasteiger partial charge in [-0.15, -0.1) is 11.8 Å². The highest BCUT2D eigenvalue weighted by Gasteiger charge is 2.13. The zero-order valence-electron chi connectivity index (χ0n) is 15.5. The molecule has 0 radical (unpaired) electrons. The summed E-state index contributed by atoms with van der Waals surface area (Å²) in [5.74, 6) is 2.22. The molecule has 0 aromatic heterocycles. The molecule has 0 aliphatic heterocycles. The first-order chi connectivity index (χ1) is 12.0. The first-order valence-corrected chi connectivity index (χ1v) is 9.76. The summed E-state index contributed by atoms with van der Waals surface area (Å²) in [6.45, 7) is 6.32. The van der Waals surface area contributed by atoms with Gasteiger partial charge in [0.1, 0.15) is 5.75 Å². The fourth-order valence-corrected chi connectivity index (χ4v) is 3.42. The quantitative estimate of drug-likeness (QED) is 0.736. The van der Waals surface area contributed by atoms with E-state index in [1.54, 1.807) is 18.9 Å². The molecule has 0 aliphatic rings. The molecule has 0 aliphatic carbocycles. The van der Waals surface area contributed by atoms with Gasteiger partial charge in [-0.05, 0) is 54.7 Å². The van der Waals surface area contributed by atoms with Crippen LogP contribution in [0.4, 0.5) is 0 Å². The van der Waals surface area contributed by atoms with E-state index in [0.717, 1.165) is 17.9 Å². The van der Waals surface area contributed by atoms with Crippen molar-refractivity contribution < 1.29 is 9.53 Å². The molecule has 2 rings (SSSR count). The Morgan fingerprint density at radius 3 is 2.44 bits per heavy atom. The van der Waals surface area contributed by atoms with Crippen molar-refractivity contribution >= 4 is 17.7 Å². The molecule has 1 N–H and O–H groups in total. The topological polar surface area (TPSA) is 38.3 Å². The Morgan fingerprint density at radius 1 is 1.12 bits per heavy atom. The molecule has 3 nitrogen and oxygen atoms in total. The zero-order valence-corrected chi connectivity index (χ0v) is 16.3. The number of benzene rings is 2. The van der Waals surface area contributed by atoms with Gasteiger partial charge >= 0.3 is 0 Å². The van der Waals surface area contributed by atoms with E-state index in [2.05, 4.69) is 44.3 Å². The van der Waals surface area contributed by atoms with Crippen molar-refractivity contribution in [1.29, 1.82) is 0 Å². The van der Waals surface area contributed by atoms with Gasteiger partial charge in [-0.3, -0.25) is 4.79 Å². The Labute approximate surface area is 155 Å². The number of carbonyl (C=O) groups excluding carboxylic acids is 1. The number of rotatable bonds is 8. The molecule has 134 valence electrons. The van der Waals surface area contributed by atoms with E-state index in [-0.39, 0.29) is 11.9 Å². The van der Waals surface area contributed by atoms with E-state index >= 15 is 0 Å². The van der Waals surface area contributed by atoms with Crippen LogP contribution in [0.1, 0.15) is 41.6 Å². The second-order valence-electron chi connectivity index (χ2n) is 6.21. The third-order valence-corrected chi connectivity index (χ3v) is 5.34. The fourth-order valence-electron chi connectivity index (χ4n) is 2.62. The van der Waals surface area contributed by atoms with E-state index in [1.807, 2.05) is 24.3 Å². The van der Waals surface area contributed by atoms with Crippen molar-refractivity contribution in [2.75, 3.05) is 12.9 Å². The van der Waals surface area contributed by atoms with E-state index in [4.69, 9.17) is 4.74 Å².